The van der Waals surface area contributed by atoms with E-state index >= 15 is 0 Å². The van der Waals surface area contributed by atoms with Gasteiger partial charge in [-0.15, -0.1) is 10.2 Å². The molecule has 7 nitrogen and oxygen atoms in total. The fraction of sp³-hybridized carbons (Fsp3) is 0.143. The van der Waals surface area contributed by atoms with Crippen molar-refractivity contribution >= 4 is 22.4 Å². The zero-order valence-electron chi connectivity index (χ0n) is 11.6. The number of hydrogen-bond acceptors (Lipinski definition) is 5. The zero-order chi connectivity index (χ0) is 14.6. The topological polar surface area (TPSA) is 86.9 Å². The Hall–Kier alpha value is -2.96. The third-order valence-electron chi connectivity index (χ3n) is 3.63. The molecule has 0 fully saturated rings. The maximum absolute atomic E-state index is 5.98. The molecule has 2 N–H and O–H groups in total. The molecule has 0 amide bonds. The number of fused-ring (bicyclic) bond motifs is 2. The molecule has 4 rings (SSSR count). The summed E-state index contributed by atoms with van der Waals surface area (Å²) >= 11 is 0. The van der Waals surface area contributed by atoms with Gasteiger partial charge in [-0.3, -0.25) is 9.38 Å². The molecule has 0 atom stereocenters. The van der Waals surface area contributed by atoms with Crippen LogP contribution >= 0.6 is 0 Å². The van der Waals surface area contributed by atoms with Gasteiger partial charge in [-0.25, -0.2) is 4.68 Å². The molecule has 7 heteroatoms. The van der Waals surface area contributed by atoms with Crippen molar-refractivity contribution < 1.29 is 0 Å². The highest BCUT2D eigenvalue weighted by atomic mass is 15.3. The molecule has 0 saturated heterocycles. The van der Waals surface area contributed by atoms with E-state index in [0.717, 1.165) is 28.4 Å². The van der Waals surface area contributed by atoms with Gasteiger partial charge in [0.2, 0.25) is 0 Å². The summed E-state index contributed by atoms with van der Waals surface area (Å²) in [5, 5.41) is 12.9. The molecule has 0 aromatic carbocycles. The summed E-state index contributed by atoms with van der Waals surface area (Å²) in [6.07, 6.45) is 3.62. The summed E-state index contributed by atoms with van der Waals surface area (Å²) in [6.45, 7) is 3.88. The minimum atomic E-state index is 0.617. The lowest BCUT2D eigenvalue weighted by molar-refractivity contribution is 0.856. The molecule has 0 unspecified atom stereocenters. The van der Waals surface area contributed by atoms with E-state index in [0.29, 0.717) is 11.2 Å². The van der Waals surface area contributed by atoms with Crippen LogP contribution in [0.1, 0.15) is 11.5 Å². The van der Waals surface area contributed by atoms with E-state index in [2.05, 4.69) is 20.3 Å². The summed E-state index contributed by atoms with van der Waals surface area (Å²) < 4.78 is 3.75. The summed E-state index contributed by atoms with van der Waals surface area (Å²) in [5.74, 6) is 0.832. The van der Waals surface area contributed by atoms with Crippen LogP contribution in [0.3, 0.4) is 0 Å². The molecule has 21 heavy (non-hydrogen) atoms. The van der Waals surface area contributed by atoms with E-state index in [1.807, 2.05) is 41.3 Å². The highest BCUT2D eigenvalue weighted by Crippen LogP contribution is 2.24. The smallest absolute Gasteiger partial charge is 0.186 e. The largest absolute Gasteiger partial charge is 0.397 e. The van der Waals surface area contributed by atoms with E-state index < -0.39 is 0 Å². The molecule has 0 saturated carbocycles. The SMILES string of the molecule is Cc1c2nccc(N)c2nn1-c1cccn2c(C)nnc12. The summed E-state index contributed by atoms with van der Waals surface area (Å²) in [4.78, 5) is 4.37. The molecule has 0 radical (unpaired) electrons. The molecular formula is C14H13N7. The van der Waals surface area contributed by atoms with Crippen molar-refractivity contribution in [2.45, 2.75) is 13.8 Å². The maximum atomic E-state index is 5.98. The Morgan fingerprint density at radius 1 is 1.10 bits per heavy atom. The van der Waals surface area contributed by atoms with Crippen LogP contribution in [-0.2, 0) is 0 Å². The minimum Gasteiger partial charge on any atom is -0.397 e. The first-order chi connectivity index (χ1) is 10.2. The van der Waals surface area contributed by atoms with Crippen molar-refractivity contribution in [3.05, 3.63) is 42.1 Å². The van der Waals surface area contributed by atoms with Crippen molar-refractivity contribution in [2.24, 2.45) is 0 Å². The van der Waals surface area contributed by atoms with Crippen LogP contribution in [0.2, 0.25) is 0 Å². The van der Waals surface area contributed by atoms with Gasteiger partial charge in [0, 0.05) is 12.4 Å². The summed E-state index contributed by atoms with van der Waals surface area (Å²) in [7, 11) is 0. The van der Waals surface area contributed by atoms with Crippen LogP contribution < -0.4 is 5.73 Å². The van der Waals surface area contributed by atoms with Gasteiger partial charge in [-0.05, 0) is 32.0 Å². The Labute approximate surface area is 120 Å². The van der Waals surface area contributed by atoms with Gasteiger partial charge in [0.25, 0.3) is 0 Å². The maximum Gasteiger partial charge on any atom is 0.186 e. The lowest BCUT2D eigenvalue weighted by Gasteiger charge is -2.05. The fourth-order valence-electron chi connectivity index (χ4n) is 2.53. The van der Waals surface area contributed by atoms with Gasteiger partial charge < -0.3 is 5.73 Å². The number of rotatable bonds is 1. The molecule has 0 aliphatic carbocycles. The average Bonchev–Trinajstić information content (AvgIpc) is 3.02. The zero-order valence-corrected chi connectivity index (χ0v) is 11.6. The first kappa shape index (κ1) is 11.8. The van der Waals surface area contributed by atoms with E-state index in [9.17, 15) is 0 Å². The van der Waals surface area contributed by atoms with Crippen molar-refractivity contribution in [2.75, 3.05) is 5.73 Å². The van der Waals surface area contributed by atoms with Crippen LogP contribution in [0, 0.1) is 13.8 Å². The summed E-state index contributed by atoms with van der Waals surface area (Å²) in [6, 6.07) is 5.65. The van der Waals surface area contributed by atoms with E-state index in [1.165, 1.54) is 0 Å². The number of anilines is 1. The van der Waals surface area contributed by atoms with E-state index in [4.69, 9.17) is 5.73 Å². The van der Waals surface area contributed by atoms with Crippen molar-refractivity contribution in [1.29, 1.82) is 0 Å². The third kappa shape index (κ3) is 1.54. The number of aryl methyl sites for hydroxylation is 2. The minimum absolute atomic E-state index is 0.617. The van der Waals surface area contributed by atoms with Crippen LogP contribution in [0.15, 0.2) is 30.6 Å². The first-order valence-corrected chi connectivity index (χ1v) is 6.57. The Morgan fingerprint density at radius 2 is 1.95 bits per heavy atom. The van der Waals surface area contributed by atoms with Crippen LogP contribution in [0.5, 0.6) is 0 Å². The average molecular weight is 279 g/mol. The highest BCUT2D eigenvalue weighted by Gasteiger charge is 2.15. The molecule has 0 aliphatic rings. The number of nitrogens with zero attached hydrogens (tertiary/aromatic N) is 6. The number of nitrogens with two attached hydrogens (primary N) is 1. The number of aromatic nitrogens is 6. The van der Waals surface area contributed by atoms with E-state index in [-0.39, 0.29) is 0 Å². The number of hydrogen-bond donors (Lipinski definition) is 1. The Balaban J connectivity index is 2.09. The molecule has 0 spiro atoms. The molecule has 4 heterocycles. The standard InChI is InChI=1S/C14H13N7/c1-8-12-13(10(15)5-6-16-12)19-21(8)11-4-3-7-20-9(2)17-18-14(11)20/h3-7H,15H2,1-2H3. The molecule has 0 aliphatic heterocycles. The molecular weight excluding hydrogens is 266 g/mol. The van der Waals surface area contributed by atoms with Gasteiger partial charge >= 0.3 is 0 Å². The lowest BCUT2D eigenvalue weighted by Crippen LogP contribution is -2.02. The normalized spacial score (nSPS) is 11.5. The second-order valence-electron chi connectivity index (χ2n) is 4.93. The van der Waals surface area contributed by atoms with Gasteiger partial charge in [0.15, 0.2) is 5.65 Å². The van der Waals surface area contributed by atoms with Gasteiger partial charge in [0.05, 0.1) is 11.4 Å². The molecule has 104 valence electrons. The second kappa shape index (κ2) is 4.02. The van der Waals surface area contributed by atoms with Crippen LogP contribution in [0.25, 0.3) is 22.4 Å². The monoisotopic (exact) mass is 279 g/mol. The molecule has 0 bridgehead atoms. The summed E-state index contributed by atoms with van der Waals surface area (Å²) in [5.41, 5.74) is 10.6. The van der Waals surface area contributed by atoms with E-state index in [1.54, 1.807) is 12.3 Å². The van der Waals surface area contributed by atoms with Gasteiger partial charge in [0.1, 0.15) is 22.5 Å². The Morgan fingerprint density at radius 3 is 2.76 bits per heavy atom. The fourth-order valence-corrected chi connectivity index (χ4v) is 2.53. The highest BCUT2D eigenvalue weighted by molar-refractivity contribution is 5.88. The molecule has 4 aromatic rings. The van der Waals surface area contributed by atoms with Crippen LogP contribution in [-0.4, -0.2) is 29.4 Å². The first-order valence-electron chi connectivity index (χ1n) is 6.57. The third-order valence-corrected chi connectivity index (χ3v) is 3.63. The lowest BCUT2D eigenvalue weighted by atomic mass is 10.3. The molecule has 4 aromatic heterocycles. The number of pyridine rings is 2. The Bertz CT molecular complexity index is 980. The second-order valence-corrected chi connectivity index (χ2v) is 4.93. The van der Waals surface area contributed by atoms with Crippen molar-refractivity contribution in [1.82, 2.24) is 29.4 Å². The number of nitrogen functional groups attached to an aromatic ring is 1. The quantitative estimate of drug-likeness (QED) is 0.572. The predicted molar refractivity (Wildman–Crippen MR) is 79.3 cm³/mol. The van der Waals surface area contributed by atoms with Gasteiger partial charge in [-0.2, -0.15) is 5.10 Å². The van der Waals surface area contributed by atoms with Crippen molar-refractivity contribution in [3.8, 4) is 5.69 Å². The van der Waals surface area contributed by atoms with Gasteiger partial charge in [-0.1, -0.05) is 0 Å². The Kier molecular flexibility index (Phi) is 2.26. The van der Waals surface area contributed by atoms with Crippen molar-refractivity contribution in [3.63, 3.8) is 0 Å². The van der Waals surface area contributed by atoms with Crippen LogP contribution in [0.4, 0.5) is 5.69 Å². The predicted octanol–water partition coefficient (Wildman–Crippen LogP) is 1.66.